The SMILES string of the molecule is COCC(N)CC(=O)c1cccc(F)c1F. The number of halogens is 2. The van der Waals surface area contributed by atoms with Crippen LogP contribution >= 0.6 is 0 Å². The molecule has 0 aromatic heterocycles. The standard InChI is InChI=1S/C11H13F2NO2/c1-16-6-7(14)5-10(15)8-3-2-4-9(12)11(8)13/h2-4,7H,5-6,14H2,1H3. The van der Waals surface area contributed by atoms with E-state index in [-0.39, 0.29) is 18.6 Å². The number of benzene rings is 1. The summed E-state index contributed by atoms with van der Waals surface area (Å²) in [5.74, 6) is -2.69. The van der Waals surface area contributed by atoms with Gasteiger partial charge < -0.3 is 10.5 Å². The van der Waals surface area contributed by atoms with Gasteiger partial charge in [0, 0.05) is 19.6 Å². The summed E-state index contributed by atoms with van der Waals surface area (Å²) >= 11 is 0. The fraction of sp³-hybridized carbons (Fsp3) is 0.364. The molecule has 5 heteroatoms. The minimum Gasteiger partial charge on any atom is -0.383 e. The van der Waals surface area contributed by atoms with E-state index in [4.69, 9.17) is 10.5 Å². The van der Waals surface area contributed by atoms with Crippen LogP contribution in [0.5, 0.6) is 0 Å². The van der Waals surface area contributed by atoms with E-state index < -0.39 is 23.5 Å². The molecule has 0 bridgehead atoms. The van der Waals surface area contributed by atoms with Gasteiger partial charge in [0.25, 0.3) is 0 Å². The van der Waals surface area contributed by atoms with Crippen molar-refractivity contribution in [3.63, 3.8) is 0 Å². The minimum atomic E-state index is -1.13. The molecule has 1 atom stereocenters. The van der Waals surface area contributed by atoms with Crippen molar-refractivity contribution in [1.82, 2.24) is 0 Å². The van der Waals surface area contributed by atoms with Gasteiger partial charge >= 0.3 is 0 Å². The third-order valence-electron chi connectivity index (χ3n) is 2.08. The molecular weight excluding hydrogens is 216 g/mol. The molecular formula is C11H13F2NO2. The highest BCUT2D eigenvalue weighted by Gasteiger charge is 2.17. The van der Waals surface area contributed by atoms with Crippen LogP contribution in [0.2, 0.25) is 0 Å². The van der Waals surface area contributed by atoms with Crippen molar-refractivity contribution in [2.45, 2.75) is 12.5 Å². The maximum atomic E-state index is 13.2. The zero-order valence-corrected chi connectivity index (χ0v) is 8.87. The zero-order chi connectivity index (χ0) is 12.1. The monoisotopic (exact) mass is 229 g/mol. The van der Waals surface area contributed by atoms with Gasteiger partial charge in [0.05, 0.1) is 12.2 Å². The lowest BCUT2D eigenvalue weighted by Gasteiger charge is -2.09. The molecule has 0 amide bonds. The van der Waals surface area contributed by atoms with E-state index in [2.05, 4.69) is 0 Å². The first-order valence-corrected chi connectivity index (χ1v) is 4.78. The molecule has 1 aromatic carbocycles. The quantitative estimate of drug-likeness (QED) is 0.779. The molecule has 0 aliphatic carbocycles. The first-order valence-electron chi connectivity index (χ1n) is 4.78. The first kappa shape index (κ1) is 12.7. The predicted octanol–water partition coefficient (Wildman–Crippen LogP) is 1.51. The Labute approximate surface area is 92.2 Å². The number of carbonyl (C=O) groups is 1. The van der Waals surface area contributed by atoms with Crippen molar-refractivity contribution in [1.29, 1.82) is 0 Å². The lowest BCUT2D eigenvalue weighted by atomic mass is 10.0. The third-order valence-corrected chi connectivity index (χ3v) is 2.08. The van der Waals surface area contributed by atoms with E-state index in [9.17, 15) is 13.6 Å². The van der Waals surface area contributed by atoms with Crippen LogP contribution in [0.15, 0.2) is 18.2 Å². The Bertz CT molecular complexity index is 382. The molecule has 0 heterocycles. The normalized spacial score (nSPS) is 12.5. The number of Topliss-reactive ketones (excluding diaryl/α,β-unsaturated/α-hetero) is 1. The van der Waals surface area contributed by atoms with Gasteiger partial charge in [0.1, 0.15) is 0 Å². The molecule has 0 radical (unpaired) electrons. The first-order chi connectivity index (χ1) is 7.56. The van der Waals surface area contributed by atoms with Crippen LogP contribution in [-0.4, -0.2) is 25.5 Å². The maximum Gasteiger partial charge on any atom is 0.169 e. The number of ether oxygens (including phenoxy) is 1. The van der Waals surface area contributed by atoms with E-state index in [0.717, 1.165) is 6.07 Å². The number of hydrogen-bond acceptors (Lipinski definition) is 3. The fourth-order valence-corrected chi connectivity index (χ4v) is 1.34. The molecule has 0 aliphatic heterocycles. The molecule has 0 spiro atoms. The molecule has 88 valence electrons. The van der Waals surface area contributed by atoms with Gasteiger partial charge in [-0.05, 0) is 12.1 Å². The smallest absolute Gasteiger partial charge is 0.169 e. The second kappa shape index (κ2) is 5.67. The van der Waals surface area contributed by atoms with Gasteiger partial charge in [-0.15, -0.1) is 0 Å². The summed E-state index contributed by atoms with van der Waals surface area (Å²) in [7, 11) is 1.45. The molecule has 0 saturated heterocycles. The average Bonchev–Trinajstić information content (AvgIpc) is 2.22. The lowest BCUT2D eigenvalue weighted by molar-refractivity contribution is 0.0944. The van der Waals surface area contributed by atoms with Gasteiger partial charge in [0.15, 0.2) is 17.4 Å². The molecule has 0 saturated carbocycles. The average molecular weight is 229 g/mol. The van der Waals surface area contributed by atoms with Crippen LogP contribution < -0.4 is 5.73 Å². The highest BCUT2D eigenvalue weighted by Crippen LogP contribution is 2.13. The number of hydrogen-bond donors (Lipinski definition) is 1. The molecule has 1 unspecified atom stereocenters. The molecule has 0 fully saturated rings. The van der Waals surface area contributed by atoms with Crippen LogP contribution in [0.1, 0.15) is 16.8 Å². The molecule has 16 heavy (non-hydrogen) atoms. The predicted molar refractivity (Wildman–Crippen MR) is 55.2 cm³/mol. The summed E-state index contributed by atoms with van der Waals surface area (Å²) in [6.45, 7) is 0.197. The highest BCUT2D eigenvalue weighted by atomic mass is 19.2. The van der Waals surface area contributed by atoms with E-state index in [0.29, 0.717) is 0 Å². The van der Waals surface area contributed by atoms with E-state index in [1.165, 1.54) is 19.2 Å². The topological polar surface area (TPSA) is 52.3 Å². The molecule has 2 N–H and O–H groups in total. The summed E-state index contributed by atoms with van der Waals surface area (Å²) in [5, 5.41) is 0. The van der Waals surface area contributed by atoms with E-state index >= 15 is 0 Å². The van der Waals surface area contributed by atoms with Crippen molar-refractivity contribution in [2.24, 2.45) is 5.73 Å². The molecule has 3 nitrogen and oxygen atoms in total. The number of methoxy groups -OCH3 is 1. The van der Waals surface area contributed by atoms with Crippen molar-refractivity contribution in [3.8, 4) is 0 Å². The Hall–Kier alpha value is -1.33. The maximum absolute atomic E-state index is 13.2. The van der Waals surface area contributed by atoms with Crippen molar-refractivity contribution < 1.29 is 18.3 Å². The Morgan fingerprint density at radius 1 is 1.50 bits per heavy atom. The zero-order valence-electron chi connectivity index (χ0n) is 8.87. The summed E-state index contributed by atoms with van der Waals surface area (Å²) in [4.78, 5) is 11.6. The van der Waals surface area contributed by atoms with Gasteiger partial charge in [-0.3, -0.25) is 4.79 Å². The molecule has 1 rings (SSSR count). The third kappa shape index (κ3) is 3.08. The Morgan fingerprint density at radius 2 is 2.19 bits per heavy atom. The Balaban J connectivity index is 2.77. The second-order valence-corrected chi connectivity index (χ2v) is 3.44. The number of nitrogens with two attached hydrogens (primary N) is 1. The second-order valence-electron chi connectivity index (χ2n) is 3.44. The summed E-state index contributed by atoms with van der Waals surface area (Å²) in [6.07, 6.45) is -0.0752. The minimum absolute atomic E-state index is 0.0752. The van der Waals surface area contributed by atoms with Gasteiger partial charge in [-0.1, -0.05) is 6.07 Å². The number of rotatable bonds is 5. The van der Waals surface area contributed by atoms with Crippen LogP contribution in [0.4, 0.5) is 8.78 Å². The van der Waals surface area contributed by atoms with Crippen LogP contribution in [0.3, 0.4) is 0 Å². The van der Waals surface area contributed by atoms with E-state index in [1.54, 1.807) is 0 Å². The highest BCUT2D eigenvalue weighted by molar-refractivity contribution is 5.96. The van der Waals surface area contributed by atoms with Gasteiger partial charge in [0.2, 0.25) is 0 Å². The number of ketones is 1. The lowest BCUT2D eigenvalue weighted by Crippen LogP contribution is -2.29. The molecule has 1 aromatic rings. The van der Waals surface area contributed by atoms with Crippen molar-refractivity contribution in [2.75, 3.05) is 13.7 Å². The summed E-state index contributed by atoms with van der Waals surface area (Å²) in [6, 6.07) is 2.97. The summed E-state index contributed by atoms with van der Waals surface area (Å²) in [5.41, 5.74) is 5.28. The van der Waals surface area contributed by atoms with Crippen LogP contribution in [0.25, 0.3) is 0 Å². The van der Waals surface area contributed by atoms with E-state index in [1.807, 2.05) is 0 Å². The summed E-state index contributed by atoms with van der Waals surface area (Å²) < 4.78 is 30.8. The van der Waals surface area contributed by atoms with Crippen LogP contribution in [-0.2, 0) is 4.74 Å². The van der Waals surface area contributed by atoms with Gasteiger partial charge in [-0.2, -0.15) is 0 Å². The largest absolute Gasteiger partial charge is 0.383 e. The van der Waals surface area contributed by atoms with Crippen molar-refractivity contribution in [3.05, 3.63) is 35.4 Å². The van der Waals surface area contributed by atoms with Gasteiger partial charge in [-0.25, -0.2) is 8.78 Å². The fourth-order valence-electron chi connectivity index (χ4n) is 1.34. The Kier molecular flexibility index (Phi) is 4.52. The van der Waals surface area contributed by atoms with Crippen molar-refractivity contribution >= 4 is 5.78 Å². The Morgan fingerprint density at radius 3 is 2.81 bits per heavy atom. The number of carbonyl (C=O) groups excluding carboxylic acids is 1. The van der Waals surface area contributed by atoms with Crippen LogP contribution in [0, 0.1) is 11.6 Å². The molecule has 0 aliphatic rings.